The molecular weight excluding hydrogens is 534 g/mol. The fraction of sp³-hybridized carbons (Fsp3) is 0.182. The highest BCUT2D eigenvalue weighted by atomic mass is 79.9. The van der Waals surface area contributed by atoms with E-state index >= 15 is 0 Å². The van der Waals surface area contributed by atoms with Crippen LogP contribution in [-0.2, 0) is 9.59 Å². The molecule has 164 valence electrons. The minimum absolute atomic E-state index is 0.00222. The first kappa shape index (κ1) is 23.0. The molecule has 1 amide bonds. The number of benzene rings is 2. The van der Waals surface area contributed by atoms with Crippen LogP contribution in [-0.4, -0.2) is 32.7 Å². The van der Waals surface area contributed by atoms with Gasteiger partial charge in [0.05, 0.1) is 11.6 Å². The van der Waals surface area contributed by atoms with Crippen LogP contribution in [0.15, 0.2) is 62.9 Å². The fourth-order valence-corrected chi connectivity index (χ4v) is 5.48. The molecule has 1 aliphatic heterocycles. The smallest absolute Gasteiger partial charge is 0.301 e. The standard InChI is InChI=1S/C22H17BrClN3O3S2/c1-2-11-31-22-26-25-21(32-22)27-17(12-5-9-15(24)10-6-12)16(19(29)20(27)30)18(28)13-3-7-14(23)8-4-13/h3-10,17,28H,2,11H2,1H3/b18-16+. The summed E-state index contributed by atoms with van der Waals surface area (Å²) in [6.45, 7) is 2.07. The van der Waals surface area contributed by atoms with Crippen molar-refractivity contribution in [2.75, 3.05) is 10.7 Å². The van der Waals surface area contributed by atoms with E-state index in [1.807, 2.05) is 0 Å². The summed E-state index contributed by atoms with van der Waals surface area (Å²) in [5, 5.41) is 20.2. The van der Waals surface area contributed by atoms with Gasteiger partial charge in [-0.3, -0.25) is 14.5 Å². The Morgan fingerprint density at radius 3 is 2.50 bits per heavy atom. The van der Waals surface area contributed by atoms with E-state index in [1.54, 1.807) is 60.3 Å². The van der Waals surface area contributed by atoms with Gasteiger partial charge in [-0.15, -0.1) is 10.2 Å². The third-order valence-electron chi connectivity index (χ3n) is 4.78. The van der Waals surface area contributed by atoms with Crippen molar-refractivity contribution in [2.24, 2.45) is 0 Å². The lowest BCUT2D eigenvalue weighted by molar-refractivity contribution is -0.132. The van der Waals surface area contributed by atoms with E-state index in [-0.39, 0.29) is 11.3 Å². The summed E-state index contributed by atoms with van der Waals surface area (Å²) >= 11 is 12.2. The quantitative estimate of drug-likeness (QED) is 0.132. The summed E-state index contributed by atoms with van der Waals surface area (Å²) in [6.07, 6.45) is 0.974. The van der Waals surface area contributed by atoms with Gasteiger partial charge in [0.2, 0.25) is 5.13 Å². The summed E-state index contributed by atoms with van der Waals surface area (Å²) in [4.78, 5) is 27.5. The van der Waals surface area contributed by atoms with Gasteiger partial charge < -0.3 is 5.11 Å². The van der Waals surface area contributed by atoms with E-state index in [0.717, 1.165) is 16.6 Å². The Bertz CT molecular complexity index is 1200. The number of Topliss-reactive ketones (excluding diaryl/α,β-unsaturated/α-hetero) is 1. The Morgan fingerprint density at radius 2 is 1.84 bits per heavy atom. The normalized spacial score (nSPS) is 17.8. The van der Waals surface area contributed by atoms with E-state index in [9.17, 15) is 14.7 Å². The predicted molar refractivity (Wildman–Crippen MR) is 131 cm³/mol. The molecule has 2 heterocycles. The molecule has 1 saturated heterocycles. The number of carbonyl (C=O) groups is 2. The molecule has 10 heteroatoms. The van der Waals surface area contributed by atoms with Crippen LogP contribution in [0.3, 0.4) is 0 Å². The summed E-state index contributed by atoms with van der Waals surface area (Å²) in [6, 6.07) is 12.8. The second kappa shape index (κ2) is 9.74. The minimum Gasteiger partial charge on any atom is -0.507 e. The zero-order chi connectivity index (χ0) is 22.8. The van der Waals surface area contributed by atoms with E-state index in [1.165, 1.54) is 16.2 Å². The Labute approximate surface area is 206 Å². The molecule has 1 aromatic heterocycles. The number of carbonyl (C=O) groups excluding carboxylic acids is 2. The summed E-state index contributed by atoms with van der Waals surface area (Å²) in [5.74, 6) is -0.906. The van der Waals surface area contributed by atoms with Crippen LogP contribution in [0.25, 0.3) is 5.76 Å². The highest BCUT2D eigenvalue weighted by Crippen LogP contribution is 2.44. The van der Waals surface area contributed by atoms with Crippen LogP contribution >= 0.6 is 50.6 Å². The average Bonchev–Trinajstić information content (AvgIpc) is 3.35. The van der Waals surface area contributed by atoms with Crippen molar-refractivity contribution in [3.8, 4) is 0 Å². The van der Waals surface area contributed by atoms with Gasteiger partial charge >= 0.3 is 5.91 Å². The number of aliphatic hydroxyl groups is 1. The number of ketones is 1. The SMILES string of the molecule is CCCSc1nnc(N2C(=O)C(=O)/C(=C(/O)c3ccc(Br)cc3)C2c2ccc(Cl)cc2)s1. The number of rotatable bonds is 6. The second-order valence-electron chi connectivity index (χ2n) is 6.93. The Hall–Kier alpha value is -2.20. The molecule has 0 radical (unpaired) electrons. The predicted octanol–water partition coefficient (Wildman–Crippen LogP) is 6.08. The third-order valence-corrected chi connectivity index (χ3v) is 7.82. The molecule has 0 saturated carbocycles. The highest BCUT2D eigenvalue weighted by molar-refractivity contribution is 9.10. The van der Waals surface area contributed by atoms with Gasteiger partial charge in [0, 0.05) is 20.8 Å². The van der Waals surface area contributed by atoms with Crippen LogP contribution < -0.4 is 4.90 Å². The van der Waals surface area contributed by atoms with Crippen LogP contribution in [0.4, 0.5) is 5.13 Å². The number of amides is 1. The largest absolute Gasteiger partial charge is 0.507 e. The lowest BCUT2D eigenvalue weighted by Crippen LogP contribution is -2.29. The van der Waals surface area contributed by atoms with Gasteiger partial charge in [-0.05, 0) is 36.2 Å². The first-order valence-corrected chi connectivity index (χ1v) is 12.7. The third kappa shape index (κ3) is 4.47. The number of anilines is 1. The maximum absolute atomic E-state index is 13.1. The molecular formula is C22H17BrClN3O3S2. The molecule has 1 aliphatic rings. The van der Waals surface area contributed by atoms with E-state index < -0.39 is 17.7 Å². The zero-order valence-corrected chi connectivity index (χ0v) is 20.8. The maximum atomic E-state index is 13.1. The van der Waals surface area contributed by atoms with Crippen molar-refractivity contribution in [2.45, 2.75) is 23.7 Å². The van der Waals surface area contributed by atoms with Gasteiger partial charge in [-0.1, -0.05) is 81.8 Å². The molecule has 4 rings (SSSR count). The van der Waals surface area contributed by atoms with Gasteiger partial charge in [0.1, 0.15) is 5.76 Å². The average molecular weight is 551 g/mol. The summed E-state index contributed by atoms with van der Waals surface area (Å²) < 4.78 is 1.54. The molecule has 1 atom stereocenters. The number of hydrogen-bond acceptors (Lipinski definition) is 7. The molecule has 3 aromatic rings. The summed E-state index contributed by atoms with van der Waals surface area (Å²) in [7, 11) is 0. The lowest BCUT2D eigenvalue weighted by Gasteiger charge is -2.22. The monoisotopic (exact) mass is 549 g/mol. The molecule has 1 fully saturated rings. The zero-order valence-electron chi connectivity index (χ0n) is 16.8. The van der Waals surface area contributed by atoms with E-state index in [4.69, 9.17) is 11.6 Å². The Kier molecular flexibility index (Phi) is 6.99. The van der Waals surface area contributed by atoms with Crippen molar-refractivity contribution in [1.29, 1.82) is 0 Å². The molecule has 2 aromatic carbocycles. The van der Waals surface area contributed by atoms with Crippen molar-refractivity contribution in [3.63, 3.8) is 0 Å². The van der Waals surface area contributed by atoms with Crippen molar-refractivity contribution >= 4 is 73.2 Å². The molecule has 32 heavy (non-hydrogen) atoms. The Balaban J connectivity index is 1.86. The number of halogens is 2. The van der Waals surface area contributed by atoms with E-state index in [0.29, 0.717) is 25.6 Å². The van der Waals surface area contributed by atoms with Crippen LogP contribution in [0.2, 0.25) is 5.02 Å². The van der Waals surface area contributed by atoms with Gasteiger partial charge in [0.15, 0.2) is 4.34 Å². The molecule has 1 unspecified atom stereocenters. The fourth-order valence-electron chi connectivity index (χ4n) is 3.30. The van der Waals surface area contributed by atoms with Crippen LogP contribution in [0.5, 0.6) is 0 Å². The topological polar surface area (TPSA) is 83.4 Å². The number of hydrogen-bond donors (Lipinski definition) is 1. The number of aromatic nitrogens is 2. The molecule has 1 N–H and O–H groups in total. The second-order valence-corrected chi connectivity index (χ2v) is 10.6. The highest BCUT2D eigenvalue weighted by Gasteiger charge is 2.48. The number of aliphatic hydroxyl groups excluding tert-OH is 1. The van der Waals surface area contributed by atoms with Gasteiger partial charge in [0.25, 0.3) is 5.78 Å². The molecule has 0 aliphatic carbocycles. The van der Waals surface area contributed by atoms with Crippen LogP contribution in [0.1, 0.15) is 30.5 Å². The Morgan fingerprint density at radius 1 is 1.16 bits per heavy atom. The first-order chi connectivity index (χ1) is 15.4. The molecule has 0 spiro atoms. The van der Waals surface area contributed by atoms with Crippen molar-refractivity contribution in [3.05, 3.63) is 74.7 Å². The maximum Gasteiger partial charge on any atom is 0.301 e. The van der Waals surface area contributed by atoms with Gasteiger partial charge in [-0.2, -0.15) is 0 Å². The molecule has 6 nitrogen and oxygen atoms in total. The first-order valence-electron chi connectivity index (χ1n) is 9.69. The van der Waals surface area contributed by atoms with E-state index in [2.05, 4.69) is 33.1 Å². The number of nitrogens with zero attached hydrogens (tertiary/aromatic N) is 3. The minimum atomic E-state index is -0.854. The van der Waals surface area contributed by atoms with Gasteiger partial charge in [-0.25, -0.2) is 0 Å². The lowest BCUT2D eigenvalue weighted by atomic mass is 9.95. The van der Waals surface area contributed by atoms with Crippen LogP contribution in [0, 0.1) is 0 Å². The number of thioether (sulfide) groups is 1. The van der Waals surface area contributed by atoms with Crippen molar-refractivity contribution < 1.29 is 14.7 Å². The molecule has 0 bridgehead atoms. The van der Waals surface area contributed by atoms with Crippen molar-refractivity contribution in [1.82, 2.24) is 10.2 Å². The summed E-state index contributed by atoms with van der Waals surface area (Å²) in [5.41, 5.74) is 1.06.